The van der Waals surface area contributed by atoms with Crippen LogP contribution in [0.5, 0.6) is 0 Å². The lowest BCUT2D eigenvalue weighted by atomic mass is 10.2. The van der Waals surface area contributed by atoms with Gasteiger partial charge in [0.1, 0.15) is 0 Å². The Kier molecular flexibility index (Phi) is 6.07. The van der Waals surface area contributed by atoms with Gasteiger partial charge in [-0.05, 0) is 38.6 Å². The summed E-state index contributed by atoms with van der Waals surface area (Å²) in [5, 5.41) is 3.54. The van der Waals surface area contributed by atoms with E-state index in [1.54, 1.807) is 0 Å². The number of hydrogen-bond acceptors (Lipinski definition) is 3. The van der Waals surface area contributed by atoms with Crippen LogP contribution in [0.25, 0.3) is 0 Å². The van der Waals surface area contributed by atoms with Crippen molar-refractivity contribution in [1.82, 2.24) is 19.7 Å². The lowest BCUT2D eigenvalue weighted by Gasteiger charge is -2.32. The summed E-state index contributed by atoms with van der Waals surface area (Å²) in [7, 11) is 2.21. The maximum atomic E-state index is 3.54. The first-order chi connectivity index (χ1) is 9.69. The molecule has 1 N–H and O–H groups in total. The second-order valence-corrected chi connectivity index (χ2v) is 6.00. The van der Waals surface area contributed by atoms with Gasteiger partial charge in [0.15, 0.2) is 0 Å². The molecule has 1 aliphatic heterocycles. The zero-order valence-electron chi connectivity index (χ0n) is 13.3. The zero-order chi connectivity index (χ0) is 14.4. The van der Waals surface area contributed by atoms with Gasteiger partial charge in [-0.15, -0.1) is 0 Å². The largest absolute Gasteiger partial charge is 0.353 e. The Morgan fingerprint density at radius 3 is 2.65 bits per heavy atom. The monoisotopic (exact) mass is 278 g/mol. The van der Waals surface area contributed by atoms with E-state index in [1.807, 2.05) is 0 Å². The zero-order valence-corrected chi connectivity index (χ0v) is 13.3. The predicted molar refractivity (Wildman–Crippen MR) is 85.1 cm³/mol. The van der Waals surface area contributed by atoms with Gasteiger partial charge in [-0.25, -0.2) is 0 Å². The van der Waals surface area contributed by atoms with Crippen LogP contribution >= 0.6 is 0 Å². The Balaban J connectivity index is 1.75. The van der Waals surface area contributed by atoms with Crippen molar-refractivity contribution in [3.8, 4) is 0 Å². The van der Waals surface area contributed by atoms with Crippen LogP contribution in [0.2, 0.25) is 0 Å². The van der Waals surface area contributed by atoms with Crippen LogP contribution in [0.15, 0.2) is 18.5 Å². The van der Waals surface area contributed by atoms with Crippen molar-refractivity contribution in [2.45, 2.75) is 32.9 Å². The summed E-state index contributed by atoms with van der Waals surface area (Å²) in [5.41, 5.74) is 1.40. The van der Waals surface area contributed by atoms with Gasteiger partial charge < -0.3 is 14.8 Å². The first-order valence-corrected chi connectivity index (χ1v) is 7.99. The summed E-state index contributed by atoms with van der Waals surface area (Å²) < 4.78 is 2.33. The summed E-state index contributed by atoms with van der Waals surface area (Å²) in [6.45, 7) is 12.6. The molecule has 0 saturated carbocycles. The summed E-state index contributed by atoms with van der Waals surface area (Å²) in [5.74, 6) is 0. The summed E-state index contributed by atoms with van der Waals surface area (Å²) in [4.78, 5) is 4.98. The maximum Gasteiger partial charge on any atom is 0.0347 e. The summed E-state index contributed by atoms with van der Waals surface area (Å²) >= 11 is 0. The molecule has 1 unspecified atom stereocenters. The van der Waals surface area contributed by atoms with E-state index in [4.69, 9.17) is 0 Å². The van der Waals surface area contributed by atoms with Crippen molar-refractivity contribution in [2.75, 3.05) is 46.3 Å². The predicted octanol–water partition coefficient (Wildman–Crippen LogP) is 1.80. The van der Waals surface area contributed by atoms with E-state index < -0.39 is 0 Å². The molecule has 0 spiro atoms. The highest BCUT2D eigenvalue weighted by Gasteiger charge is 2.13. The molecule has 2 heterocycles. The van der Waals surface area contributed by atoms with Gasteiger partial charge in [0.05, 0.1) is 0 Å². The molecule has 1 fully saturated rings. The Morgan fingerprint density at radius 1 is 1.20 bits per heavy atom. The summed E-state index contributed by atoms with van der Waals surface area (Å²) in [6, 6.07) is 2.71. The molecule has 2 rings (SSSR count). The maximum absolute atomic E-state index is 3.54. The molecule has 0 aliphatic carbocycles. The lowest BCUT2D eigenvalue weighted by Crippen LogP contribution is -2.45. The molecule has 1 saturated heterocycles. The van der Waals surface area contributed by atoms with Crippen molar-refractivity contribution < 1.29 is 0 Å². The van der Waals surface area contributed by atoms with E-state index in [-0.39, 0.29) is 0 Å². The number of rotatable bonds is 7. The SMILES string of the molecule is CCCNC(C)c1ccn(CCN2CCN(C)CC2)c1. The molecule has 114 valence electrons. The molecular formula is C16H30N4. The van der Waals surface area contributed by atoms with Gasteiger partial charge in [0.25, 0.3) is 0 Å². The number of nitrogens with zero attached hydrogens (tertiary/aromatic N) is 3. The highest BCUT2D eigenvalue weighted by atomic mass is 15.2. The third-order valence-electron chi connectivity index (χ3n) is 4.24. The number of nitrogens with one attached hydrogen (secondary N) is 1. The number of piperazine rings is 1. The second kappa shape index (κ2) is 7.81. The minimum Gasteiger partial charge on any atom is -0.353 e. The average Bonchev–Trinajstić information content (AvgIpc) is 2.93. The molecule has 1 aliphatic rings. The Morgan fingerprint density at radius 2 is 1.95 bits per heavy atom. The fourth-order valence-corrected chi connectivity index (χ4v) is 2.66. The normalized spacial score (nSPS) is 19.4. The van der Waals surface area contributed by atoms with E-state index in [1.165, 1.54) is 44.7 Å². The van der Waals surface area contributed by atoms with E-state index in [2.05, 4.69) is 59.0 Å². The van der Waals surface area contributed by atoms with Gasteiger partial charge >= 0.3 is 0 Å². The minimum absolute atomic E-state index is 0.458. The molecule has 0 bridgehead atoms. The quantitative estimate of drug-likeness (QED) is 0.823. The highest BCUT2D eigenvalue weighted by Crippen LogP contribution is 2.12. The Hall–Kier alpha value is -0.840. The van der Waals surface area contributed by atoms with Crippen LogP contribution in [-0.2, 0) is 6.54 Å². The van der Waals surface area contributed by atoms with E-state index >= 15 is 0 Å². The minimum atomic E-state index is 0.458. The van der Waals surface area contributed by atoms with Crippen LogP contribution < -0.4 is 5.32 Å². The van der Waals surface area contributed by atoms with Crippen molar-refractivity contribution >= 4 is 0 Å². The average molecular weight is 278 g/mol. The lowest BCUT2D eigenvalue weighted by molar-refractivity contribution is 0.150. The second-order valence-electron chi connectivity index (χ2n) is 6.00. The fraction of sp³-hybridized carbons (Fsp3) is 0.750. The van der Waals surface area contributed by atoms with E-state index in [9.17, 15) is 0 Å². The van der Waals surface area contributed by atoms with Gasteiger partial charge in [-0.1, -0.05) is 6.92 Å². The summed E-state index contributed by atoms with van der Waals surface area (Å²) in [6.07, 6.45) is 5.70. The van der Waals surface area contributed by atoms with Crippen molar-refractivity contribution in [3.63, 3.8) is 0 Å². The molecule has 1 atom stereocenters. The van der Waals surface area contributed by atoms with E-state index in [0.29, 0.717) is 6.04 Å². The van der Waals surface area contributed by atoms with Gasteiger partial charge in [-0.3, -0.25) is 4.90 Å². The first-order valence-electron chi connectivity index (χ1n) is 7.99. The first kappa shape index (κ1) is 15.5. The van der Waals surface area contributed by atoms with E-state index in [0.717, 1.165) is 13.1 Å². The molecule has 0 radical (unpaired) electrons. The molecule has 4 heteroatoms. The van der Waals surface area contributed by atoms with Crippen LogP contribution in [0, 0.1) is 0 Å². The Labute approximate surface area is 123 Å². The van der Waals surface area contributed by atoms with Crippen molar-refractivity contribution in [3.05, 3.63) is 24.0 Å². The van der Waals surface area contributed by atoms with Crippen LogP contribution in [0.1, 0.15) is 31.9 Å². The molecule has 4 nitrogen and oxygen atoms in total. The smallest absolute Gasteiger partial charge is 0.0347 e. The molecule has 1 aromatic heterocycles. The third-order valence-corrected chi connectivity index (χ3v) is 4.24. The van der Waals surface area contributed by atoms with Gasteiger partial charge in [-0.2, -0.15) is 0 Å². The van der Waals surface area contributed by atoms with Crippen LogP contribution in [-0.4, -0.2) is 60.7 Å². The number of hydrogen-bond donors (Lipinski definition) is 1. The number of aromatic nitrogens is 1. The van der Waals surface area contributed by atoms with Gasteiger partial charge in [0.2, 0.25) is 0 Å². The topological polar surface area (TPSA) is 23.4 Å². The van der Waals surface area contributed by atoms with Crippen LogP contribution in [0.3, 0.4) is 0 Å². The fourth-order valence-electron chi connectivity index (χ4n) is 2.66. The van der Waals surface area contributed by atoms with Gasteiger partial charge in [0, 0.05) is 57.7 Å². The van der Waals surface area contributed by atoms with Crippen molar-refractivity contribution in [2.24, 2.45) is 0 Å². The van der Waals surface area contributed by atoms with Crippen molar-refractivity contribution in [1.29, 1.82) is 0 Å². The standard InChI is InChI=1S/C16H30N4/c1-4-6-17-15(2)16-5-7-20(14-16)13-12-19-10-8-18(3)9-11-19/h5,7,14-15,17H,4,6,8-13H2,1-3H3. The molecule has 20 heavy (non-hydrogen) atoms. The highest BCUT2D eigenvalue weighted by molar-refractivity contribution is 5.14. The molecular weight excluding hydrogens is 248 g/mol. The third kappa shape index (κ3) is 4.62. The van der Waals surface area contributed by atoms with Crippen LogP contribution in [0.4, 0.5) is 0 Å². The number of likely N-dealkylation sites (N-methyl/N-ethyl adjacent to an activating group) is 1. The molecule has 0 amide bonds. The molecule has 0 aromatic carbocycles. The Bertz CT molecular complexity index is 380. The molecule has 1 aromatic rings.